The van der Waals surface area contributed by atoms with Crippen molar-refractivity contribution < 1.29 is 28.7 Å². The predicted octanol–water partition coefficient (Wildman–Crippen LogP) is 7.26. The van der Waals surface area contributed by atoms with Crippen LogP contribution in [0.25, 0.3) is 22.1 Å². The van der Waals surface area contributed by atoms with Crippen LogP contribution in [0.5, 0.6) is 0 Å². The Bertz CT molecular complexity index is 2950. The second-order valence-electron chi connectivity index (χ2n) is 17.5. The average molecular weight is 978 g/mol. The van der Waals surface area contributed by atoms with Crippen LogP contribution in [0.1, 0.15) is 65.0 Å². The van der Waals surface area contributed by atoms with Gasteiger partial charge < -0.3 is 33.9 Å². The zero-order valence-corrected chi connectivity index (χ0v) is 40.6. The predicted molar refractivity (Wildman–Crippen MR) is 266 cm³/mol. The smallest absolute Gasteiger partial charge is 0.410 e. The number of benzene rings is 2. The number of ether oxygens (including phenoxy) is 1. The first-order chi connectivity index (χ1) is 32.9. The summed E-state index contributed by atoms with van der Waals surface area (Å²) >= 11 is 13.2. The van der Waals surface area contributed by atoms with Gasteiger partial charge in [0.2, 0.25) is 23.7 Å². The van der Waals surface area contributed by atoms with E-state index in [1.165, 1.54) is 12.2 Å². The molecule has 4 aromatic heterocycles. The molecule has 0 radical (unpaired) electrons. The summed E-state index contributed by atoms with van der Waals surface area (Å²) in [5.41, 5.74) is 4.18. The van der Waals surface area contributed by atoms with Gasteiger partial charge in [-0.1, -0.05) is 48.5 Å². The minimum absolute atomic E-state index is 0.137. The van der Waals surface area contributed by atoms with Crippen LogP contribution in [0.4, 0.5) is 16.7 Å². The lowest BCUT2D eigenvalue weighted by Crippen LogP contribution is -2.40. The molecule has 2 aliphatic heterocycles. The average Bonchev–Trinajstić information content (AvgIpc) is 3.64. The highest BCUT2D eigenvalue weighted by Crippen LogP contribution is 2.34. The number of hydrogen-bond acceptors (Lipinski definition) is 11. The lowest BCUT2D eigenvalue weighted by Gasteiger charge is -2.29. The second kappa shape index (κ2) is 21.4. The van der Waals surface area contributed by atoms with Gasteiger partial charge in [-0.25, -0.2) is 14.8 Å². The third kappa shape index (κ3) is 11.8. The first kappa shape index (κ1) is 49.7. The molecule has 2 fully saturated rings. The monoisotopic (exact) mass is 976 g/mol. The van der Waals surface area contributed by atoms with Crippen LogP contribution in [0.2, 0.25) is 10.0 Å². The van der Waals surface area contributed by atoms with Crippen molar-refractivity contribution in [1.82, 2.24) is 49.1 Å². The Kier molecular flexibility index (Phi) is 15.5. The van der Waals surface area contributed by atoms with E-state index in [-0.39, 0.29) is 55.3 Å². The highest BCUT2D eigenvalue weighted by molar-refractivity contribution is 6.35. The summed E-state index contributed by atoms with van der Waals surface area (Å²) in [7, 11) is 0. The molecule has 6 aromatic rings. The number of anilines is 2. The quantitative estimate of drug-likeness (QED) is 0.130. The molecule has 0 saturated carbocycles. The standard InChI is InChI=1S/C27H31ClN6O4.C22H23ClN6O2/c1-6-22(35)32-12-13-33(26(37)38-27(3,4)5)16-19(15-32)34-23-20(28)8-7-9-21(23)30-25(34)31-24(36)18-10-11-29-17(2)14-18;1-3-19(30)28-10-9-24-12-16(13-28)29-20-17(23)5-4-6-18(20)26-22(29)27-21(31)15-7-8-25-14(2)11-15/h6-11,14,19H,1,12-13,15-16H2,2-5H3,(H,30,31,36);3-8,11,16,24H,1,9-10,12-13H2,2H3,(H,26,27,31). The van der Waals surface area contributed by atoms with Gasteiger partial charge in [-0.2, -0.15) is 0 Å². The van der Waals surface area contributed by atoms with Crippen molar-refractivity contribution in [2.45, 2.75) is 52.3 Å². The van der Waals surface area contributed by atoms with E-state index in [9.17, 15) is 24.0 Å². The molecule has 2 saturated heterocycles. The number of amides is 5. The van der Waals surface area contributed by atoms with Crippen molar-refractivity contribution in [3.8, 4) is 0 Å². The second-order valence-corrected chi connectivity index (χ2v) is 18.3. The zero-order chi connectivity index (χ0) is 49.6. The third-order valence-corrected chi connectivity index (χ3v) is 11.9. The molecule has 2 unspecified atom stereocenters. The number of pyridine rings is 2. The van der Waals surface area contributed by atoms with Gasteiger partial charge in [0.1, 0.15) is 5.60 Å². The lowest BCUT2D eigenvalue weighted by atomic mass is 10.2. The molecule has 69 heavy (non-hydrogen) atoms. The van der Waals surface area contributed by atoms with Gasteiger partial charge in [-0.3, -0.25) is 39.8 Å². The number of para-hydroxylation sites is 2. The van der Waals surface area contributed by atoms with Gasteiger partial charge in [0.15, 0.2) is 0 Å². The minimum Gasteiger partial charge on any atom is -0.444 e. The number of nitrogens with one attached hydrogen (secondary N) is 3. The Balaban J connectivity index is 0.000000208. The van der Waals surface area contributed by atoms with Gasteiger partial charge in [-0.15, -0.1) is 0 Å². The number of carbonyl (C=O) groups is 5. The number of imidazole rings is 2. The SMILES string of the molecule is C=CC(=O)N1CCN(C(=O)OC(C)(C)C)CC(n2c(NC(=O)c3ccnc(C)c3)nc3cccc(Cl)c32)C1.C=CC(=O)N1CCNCC(n2c(NC(=O)c3ccnc(C)c3)nc3cccc(Cl)c32)C1. The molecule has 3 N–H and O–H groups in total. The maximum atomic E-state index is 13.2. The number of rotatable bonds is 8. The number of halogens is 2. The fraction of sp³-hybridized carbons (Fsp3) is 0.327. The molecular formula is C49H54Cl2N12O6. The van der Waals surface area contributed by atoms with Crippen LogP contribution in [0.15, 0.2) is 98.4 Å². The maximum Gasteiger partial charge on any atom is 0.410 e. The van der Waals surface area contributed by atoms with Gasteiger partial charge in [-0.05, 0) is 95.3 Å². The van der Waals surface area contributed by atoms with E-state index in [1.54, 1.807) is 108 Å². The van der Waals surface area contributed by atoms with Crippen molar-refractivity contribution in [2.75, 3.05) is 63.0 Å². The lowest BCUT2D eigenvalue weighted by molar-refractivity contribution is -0.127. The molecule has 2 atom stereocenters. The third-order valence-electron chi connectivity index (χ3n) is 11.3. The first-order valence-electron chi connectivity index (χ1n) is 22.3. The number of hydrogen-bond donors (Lipinski definition) is 3. The molecule has 0 aliphatic carbocycles. The van der Waals surface area contributed by atoms with Crippen LogP contribution < -0.4 is 16.0 Å². The van der Waals surface area contributed by atoms with E-state index in [2.05, 4.69) is 49.0 Å². The first-order valence-corrected chi connectivity index (χ1v) is 23.0. The number of fused-ring (bicyclic) bond motifs is 2. The van der Waals surface area contributed by atoms with E-state index in [0.717, 1.165) is 5.69 Å². The molecule has 8 rings (SSSR count). The number of nitrogens with zero attached hydrogens (tertiary/aromatic N) is 9. The van der Waals surface area contributed by atoms with Gasteiger partial charge in [0.05, 0.1) is 44.2 Å². The zero-order valence-electron chi connectivity index (χ0n) is 39.0. The number of carbonyl (C=O) groups excluding carboxylic acids is 5. The Hall–Kier alpha value is -7.15. The molecule has 2 aromatic carbocycles. The van der Waals surface area contributed by atoms with Crippen LogP contribution in [-0.4, -0.2) is 131 Å². The molecule has 360 valence electrons. The number of aromatic nitrogens is 6. The molecule has 0 bridgehead atoms. The van der Waals surface area contributed by atoms with Crippen LogP contribution in [-0.2, 0) is 14.3 Å². The van der Waals surface area contributed by atoms with Crippen molar-refractivity contribution in [3.05, 3.63) is 131 Å². The molecule has 5 amide bonds. The molecular weight excluding hydrogens is 924 g/mol. The van der Waals surface area contributed by atoms with Gasteiger partial charge >= 0.3 is 6.09 Å². The molecule has 0 spiro atoms. The minimum atomic E-state index is -0.692. The summed E-state index contributed by atoms with van der Waals surface area (Å²) in [6.45, 7) is 19.5. The molecule has 18 nitrogen and oxygen atoms in total. The summed E-state index contributed by atoms with van der Waals surface area (Å²) in [6, 6.07) is 16.7. The van der Waals surface area contributed by atoms with Gasteiger partial charge in [0.25, 0.3) is 11.8 Å². The summed E-state index contributed by atoms with van der Waals surface area (Å²) < 4.78 is 9.33. The number of aryl methyl sites for hydroxylation is 2. The molecule has 2 aliphatic rings. The fourth-order valence-corrected chi connectivity index (χ4v) is 8.71. The van der Waals surface area contributed by atoms with E-state index in [4.69, 9.17) is 27.9 Å². The van der Waals surface area contributed by atoms with Crippen molar-refractivity contribution in [1.29, 1.82) is 0 Å². The summed E-state index contributed by atoms with van der Waals surface area (Å²) in [4.78, 5) is 86.7. The highest BCUT2D eigenvalue weighted by atomic mass is 35.5. The van der Waals surface area contributed by atoms with E-state index in [1.807, 2.05) is 23.6 Å². The summed E-state index contributed by atoms with van der Waals surface area (Å²) in [6.07, 6.45) is 5.22. The van der Waals surface area contributed by atoms with Crippen molar-refractivity contribution in [2.24, 2.45) is 0 Å². The van der Waals surface area contributed by atoms with E-state index in [0.29, 0.717) is 87.6 Å². The van der Waals surface area contributed by atoms with Crippen LogP contribution in [0.3, 0.4) is 0 Å². The molecule has 6 heterocycles. The Labute approximate surface area is 409 Å². The Morgan fingerprint density at radius 1 is 0.696 bits per heavy atom. The summed E-state index contributed by atoms with van der Waals surface area (Å²) in [5, 5.41) is 10.1. The highest BCUT2D eigenvalue weighted by Gasteiger charge is 2.34. The fourth-order valence-electron chi connectivity index (χ4n) is 8.19. The topological polar surface area (TPSA) is 202 Å². The molecule has 20 heteroatoms. The van der Waals surface area contributed by atoms with Gasteiger partial charge in [0, 0.05) is 87.3 Å². The maximum absolute atomic E-state index is 13.2. The van der Waals surface area contributed by atoms with Crippen LogP contribution in [0, 0.1) is 13.8 Å². The van der Waals surface area contributed by atoms with Crippen LogP contribution >= 0.6 is 23.2 Å². The van der Waals surface area contributed by atoms with E-state index >= 15 is 0 Å². The van der Waals surface area contributed by atoms with Crippen molar-refractivity contribution >= 4 is 86.9 Å². The van der Waals surface area contributed by atoms with Crippen molar-refractivity contribution in [3.63, 3.8) is 0 Å². The normalized spacial score (nSPS) is 16.4. The Morgan fingerprint density at radius 2 is 1.16 bits per heavy atom. The Morgan fingerprint density at radius 3 is 1.65 bits per heavy atom. The van der Waals surface area contributed by atoms with E-state index < -0.39 is 17.7 Å². The largest absolute Gasteiger partial charge is 0.444 e. The summed E-state index contributed by atoms with van der Waals surface area (Å²) in [5.74, 6) is -0.452.